The Hall–Kier alpha value is -1.89. The van der Waals surface area contributed by atoms with Crippen molar-refractivity contribution in [2.45, 2.75) is 13.3 Å². The highest BCUT2D eigenvalue weighted by Gasteiger charge is 2.30. The molecule has 0 radical (unpaired) electrons. The fourth-order valence-electron chi connectivity index (χ4n) is 2.57. The molecule has 0 unspecified atom stereocenters. The maximum absolute atomic E-state index is 12.4. The van der Waals surface area contributed by atoms with E-state index in [-0.39, 0.29) is 23.6 Å². The summed E-state index contributed by atoms with van der Waals surface area (Å²) in [6.07, 6.45) is 0.345. The van der Waals surface area contributed by atoms with Crippen molar-refractivity contribution in [2.24, 2.45) is 5.92 Å². The van der Waals surface area contributed by atoms with Crippen LogP contribution < -0.4 is 5.32 Å². The number of rotatable bonds is 3. The number of nitrogens with zero attached hydrogens (tertiary/aromatic N) is 2. The molecule has 6 nitrogen and oxygen atoms in total. The lowest BCUT2D eigenvalue weighted by molar-refractivity contribution is -0.132. The van der Waals surface area contributed by atoms with E-state index in [1.54, 1.807) is 28.2 Å². The molecule has 1 aromatic heterocycles. The number of carbonyl (C=O) groups excluding carboxylic acids is 3. The number of hydrogen-bond acceptors (Lipinski definition) is 4. The Morgan fingerprint density at radius 2 is 1.95 bits per heavy atom. The minimum Gasteiger partial charge on any atom is -0.359 e. The highest BCUT2D eigenvalue weighted by Crippen LogP contribution is 2.15. The van der Waals surface area contributed by atoms with E-state index in [0.29, 0.717) is 32.6 Å². The predicted molar refractivity (Wildman–Crippen MR) is 84.4 cm³/mol. The first-order valence-electron chi connectivity index (χ1n) is 7.28. The second-order valence-electron chi connectivity index (χ2n) is 5.37. The van der Waals surface area contributed by atoms with Crippen molar-refractivity contribution in [3.8, 4) is 0 Å². The van der Waals surface area contributed by atoms with Crippen LogP contribution in [0.3, 0.4) is 0 Å². The molecule has 1 N–H and O–H groups in total. The first-order chi connectivity index (χ1) is 10.5. The number of hydrogen-bond donors (Lipinski definition) is 1. The average Bonchev–Trinajstić information content (AvgIpc) is 2.88. The quantitative estimate of drug-likeness (QED) is 0.872. The lowest BCUT2D eigenvalue weighted by atomic mass is 10.1. The zero-order chi connectivity index (χ0) is 16.1. The molecule has 1 atom stereocenters. The molecule has 3 amide bonds. The molecular weight excluding hydrogens is 302 g/mol. The summed E-state index contributed by atoms with van der Waals surface area (Å²) in [6, 6.07) is 3.85. The number of nitrogens with one attached hydrogen (secondary N) is 1. The second kappa shape index (κ2) is 7.40. The Bertz CT molecular complexity index is 544. The van der Waals surface area contributed by atoms with Crippen LogP contribution in [0.4, 0.5) is 0 Å². The normalized spacial score (nSPS) is 18.7. The topological polar surface area (TPSA) is 69.7 Å². The van der Waals surface area contributed by atoms with Gasteiger partial charge in [-0.2, -0.15) is 0 Å². The Kier molecular flexibility index (Phi) is 5.54. The fraction of sp³-hybridized carbons (Fsp3) is 0.533. The third-order valence-electron chi connectivity index (χ3n) is 3.84. The number of amides is 3. The van der Waals surface area contributed by atoms with Crippen LogP contribution in [0.2, 0.25) is 0 Å². The molecule has 1 saturated heterocycles. The molecule has 1 aliphatic rings. The molecule has 1 fully saturated rings. The summed E-state index contributed by atoms with van der Waals surface area (Å²) in [5.41, 5.74) is 0. The maximum Gasteiger partial charge on any atom is 0.227 e. The van der Waals surface area contributed by atoms with Crippen molar-refractivity contribution in [1.82, 2.24) is 15.1 Å². The molecule has 0 aromatic carbocycles. The van der Waals surface area contributed by atoms with E-state index in [0.717, 1.165) is 4.88 Å². The van der Waals surface area contributed by atoms with Crippen LogP contribution in [0.15, 0.2) is 17.5 Å². The van der Waals surface area contributed by atoms with Gasteiger partial charge in [0.2, 0.25) is 17.7 Å². The van der Waals surface area contributed by atoms with Crippen molar-refractivity contribution in [3.63, 3.8) is 0 Å². The molecule has 2 heterocycles. The van der Waals surface area contributed by atoms with E-state index in [1.807, 2.05) is 17.5 Å². The van der Waals surface area contributed by atoms with Gasteiger partial charge in [-0.05, 0) is 11.4 Å². The van der Waals surface area contributed by atoms with Crippen molar-refractivity contribution in [2.75, 3.05) is 33.2 Å². The van der Waals surface area contributed by atoms with E-state index in [4.69, 9.17) is 0 Å². The van der Waals surface area contributed by atoms with Gasteiger partial charge < -0.3 is 15.1 Å². The molecule has 0 aliphatic carbocycles. The highest BCUT2D eigenvalue weighted by molar-refractivity contribution is 7.10. The van der Waals surface area contributed by atoms with Gasteiger partial charge in [0.1, 0.15) is 0 Å². The van der Waals surface area contributed by atoms with Crippen molar-refractivity contribution >= 4 is 29.1 Å². The summed E-state index contributed by atoms with van der Waals surface area (Å²) in [5, 5.41) is 4.55. The van der Waals surface area contributed by atoms with E-state index >= 15 is 0 Å². The van der Waals surface area contributed by atoms with Gasteiger partial charge in [-0.1, -0.05) is 6.07 Å². The molecule has 0 saturated carbocycles. The van der Waals surface area contributed by atoms with Gasteiger partial charge in [-0.15, -0.1) is 11.3 Å². The molecule has 1 aromatic rings. The average molecular weight is 323 g/mol. The summed E-state index contributed by atoms with van der Waals surface area (Å²) in [5.74, 6) is -0.589. The van der Waals surface area contributed by atoms with Crippen LogP contribution >= 0.6 is 11.3 Å². The van der Waals surface area contributed by atoms with Crippen LogP contribution in [-0.2, 0) is 20.8 Å². The maximum atomic E-state index is 12.4. The summed E-state index contributed by atoms with van der Waals surface area (Å²) in [4.78, 5) is 40.4. The zero-order valence-electron chi connectivity index (χ0n) is 12.9. The van der Waals surface area contributed by atoms with Crippen LogP contribution in [0.1, 0.15) is 11.8 Å². The van der Waals surface area contributed by atoms with Crippen molar-refractivity contribution in [3.05, 3.63) is 22.4 Å². The summed E-state index contributed by atoms with van der Waals surface area (Å²) in [6.45, 7) is 3.14. The molecule has 7 heteroatoms. The molecular formula is C15H21N3O3S. The van der Waals surface area contributed by atoms with Gasteiger partial charge in [0, 0.05) is 45.0 Å². The van der Waals surface area contributed by atoms with Crippen LogP contribution in [-0.4, -0.2) is 60.7 Å². The predicted octanol–water partition coefficient (Wildman–Crippen LogP) is 0.344. The zero-order valence-corrected chi connectivity index (χ0v) is 13.7. The van der Waals surface area contributed by atoms with E-state index < -0.39 is 0 Å². The van der Waals surface area contributed by atoms with Crippen LogP contribution in [0.5, 0.6) is 0 Å². The second-order valence-corrected chi connectivity index (χ2v) is 6.40. The van der Waals surface area contributed by atoms with Crippen LogP contribution in [0.25, 0.3) is 0 Å². The Morgan fingerprint density at radius 3 is 2.55 bits per heavy atom. The molecule has 120 valence electrons. The third kappa shape index (κ3) is 4.07. The first-order valence-corrected chi connectivity index (χ1v) is 8.16. The molecule has 1 aliphatic heterocycles. The molecule has 0 spiro atoms. The van der Waals surface area contributed by atoms with Gasteiger partial charge in [-0.25, -0.2) is 0 Å². The summed E-state index contributed by atoms with van der Waals surface area (Å²) < 4.78 is 0. The van der Waals surface area contributed by atoms with Crippen molar-refractivity contribution < 1.29 is 14.4 Å². The van der Waals surface area contributed by atoms with Gasteiger partial charge in [0.15, 0.2) is 0 Å². The first kappa shape index (κ1) is 16.5. The largest absolute Gasteiger partial charge is 0.359 e. The number of thiophene rings is 1. The molecule has 2 rings (SSSR count). The van der Waals surface area contributed by atoms with Gasteiger partial charge >= 0.3 is 0 Å². The fourth-order valence-corrected chi connectivity index (χ4v) is 3.27. The minimum atomic E-state index is -0.385. The van der Waals surface area contributed by atoms with Crippen molar-refractivity contribution in [1.29, 1.82) is 0 Å². The molecule has 22 heavy (non-hydrogen) atoms. The van der Waals surface area contributed by atoms with E-state index in [2.05, 4.69) is 5.32 Å². The summed E-state index contributed by atoms with van der Waals surface area (Å²) >= 11 is 1.55. The lowest BCUT2D eigenvalue weighted by Gasteiger charge is -2.23. The standard InChI is InChI=1S/C15H21N3O3S/c1-11(19)17-5-6-18(10-12(9-17)15(21)16-2)14(20)8-13-4-3-7-22-13/h3-4,7,12H,5-6,8-10H2,1-2H3,(H,16,21)/t12-/m0/s1. The number of carbonyl (C=O) groups is 3. The minimum absolute atomic E-state index is 0.00163. The third-order valence-corrected chi connectivity index (χ3v) is 4.72. The Labute approximate surface area is 134 Å². The molecule has 0 bridgehead atoms. The monoisotopic (exact) mass is 323 g/mol. The van der Waals surface area contributed by atoms with Gasteiger partial charge in [0.05, 0.1) is 12.3 Å². The van der Waals surface area contributed by atoms with Crippen LogP contribution in [0, 0.1) is 5.92 Å². The summed E-state index contributed by atoms with van der Waals surface area (Å²) in [7, 11) is 1.57. The Morgan fingerprint density at radius 1 is 1.27 bits per heavy atom. The Balaban J connectivity index is 2.08. The SMILES string of the molecule is CNC(=O)[C@H]1CN(C(C)=O)CCN(C(=O)Cc2cccs2)C1. The lowest BCUT2D eigenvalue weighted by Crippen LogP contribution is -2.42. The van der Waals surface area contributed by atoms with E-state index in [1.165, 1.54) is 6.92 Å². The van der Waals surface area contributed by atoms with Gasteiger partial charge in [-0.3, -0.25) is 14.4 Å². The smallest absolute Gasteiger partial charge is 0.227 e. The van der Waals surface area contributed by atoms with E-state index in [9.17, 15) is 14.4 Å². The van der Waals surface area contributed by atoms with Gasteiger partial charge in [0.25, 0.3) is 0 Å². The highest BCUT2D eigenvalue weighted by atomic mass is 32.1.